The summed E-state index contributed by atoms with van der Waals surface area (Å²) < 4.78 is 5.01. The predicted molar refractivity (Wildman–Crippen MR) is 108 cm³/mol. The first kappa shape index (κ1) is 20.0. The molecule has 1 aliphatic rings. The Hall–Kier alpha value is -3.75. The number of hydrazone groups is 1. The topological polar surface area (TPSA) is 114 Å². The minimum atomic E-state index is -0.796. The summed E-state index contributed by atoms with van der Waals surface area (Å²) in [5, 5.41) is 19.6. The molecule has 0 fully saturated rings. The van der Waals surface area contributed by atoms with Crippen LogP contribution in [0.25, 0.3) is 0 Å². The lowest BCUT2D eigenvalue weighted by Crippen LogP contribution is -2.39. The standard InChI is InChI=1S/C20H20N4O5/c1-3-29-20(26)16-12-18(23(22-16)14-8-5-4-6-9-14)19(25)21-15-10-7-11-17(13(15)2)24(27)28/h4-11,18H,3,12H2,1-2H3,(H,21,25). The number of benzene rings is 2. The second-order valence-corrected chi connectivity index (χ2v) is 6.36. The van der Waals surface area contributed by atoms with Gasteiger partial charge in [0, 0.05) is 12.5 Å². The molecule has 0 bridgehead atoms. The molecule has 2 aromatic rings. The van der Waals surface area contributed by atoms with Crippen LogP contribution in [0.1, 0.15) is 18.9 Å². The highest BCUT2D eigenvalue weighted by Crippen LogP contribution is 2.28. The fourth-order valence-corrected chi connectivity index (χ4v) is 3.04. The van der Waals surface area contributed by atoms with E-state index >= 15 is 0 Å². The summed E-state index contributed by atoms with van der Waals surface area (Å²) in [7, 11) is 0. The maximum atomic E-state index is 13.0. The van der Waals surface area contributed by atoms with Gasteiger partial charge < -0.3 is 10.1 Å². The van der Waals surface area contributed by atoms with E-state index in [1.54, 1.807) is 44.2 Å². The second-order valence-electron chi connectivity index (χ2n) is 6.36. The largest absolute Gasteiger partial charge is 0.461 e. The molecule has 0 aromatic heterocycles. The lowest BCUT2D eigenvalue weighted by atomic mass is 10.1. The number of rotatable bonds is 6. The molecule has 9 heteroatoms. The molecule has 0 spiro atoms. The van der Waals surface area contributed by atoms with Gasteiger partial charge in [0.15, 0.2) is 0 Å². The number of nitrogens with one attached hydrogen (secondary N) is 1. The molecule has 0 aliphatic carbocycles. The van der Waals surface area contributed by atoms with Crippen LogP contribution in [0.4, 0.5) is 17.1 Å². The van der Waals surface area contributed by atoms with Crippen molar-refractivity contribution in [1.29, 1.82) is 0 Å². The van der Waals surface area contributed by atoms with Crippen LogP contribution in [0.15, 0.2) is 53.6 Å². The summed E-state index contributed by atoms with van der Waals surface area (Å²) in [4.78, 5) is 35.8. The molecule has 0 radical (unpaired) electrons. The number of carbonyl (C=O) groups excluding carboxylic acids is 2. The van der Waals surface area contributed by atoms with Crippen molar-refractivity contribution in [1.82, 2.24) is 0 Å². The molecule has 1 heterocycles. The number of carbonyl (C=O) groups is 2. The van der Waals surface area contributed by atoms with Crippen molar-refractivity contribution in [3.05, 3.63) is 64.2 Å². The summed E-state index contributed by atoms with van der Waals surface area (Å²) in [5.41, 5.74) is 1.38. The molecular formula is C20H20N4O5. The van der Waals surface area contributed by atoms with E-state index in [-0.39, 0.29) is 24.4 Å². The Kier molecular flexibility index (Phi) is 5.87. The van der Waals surface area contributed by atoms with Crippen molar-refractivity contribution in [3.8, 4) is 0 Å². The normalized spacial score (nSPS) is 15.6. The number of amides is 1. The zero-order chi connectivity index (χ0) is 21.0. The molecule has 1 unspecified atom stereocenters. The van der Waals surface area contributed by atoms with Crippen LogP contribution < -0.4 is 10.3 Å². The molecule has 0 saturated heterocycles. The minimum absolute atomic E-state index is 0.0630. The van der Waals surface area contributed by atoms with Crippen molar-refractivity contribution in [3.63, 3.8) is 0 Å². The highest BCUT2D eigenvalue weighted by molar-refractivity contribution is 6.38. The number of nitro benzene ring substituents is 1. The van der Waals surface area contributed by atoms with E-state index in [1.165, 1.54) is 17.1 Å². The zero-order valence-electron chi connectivity index (χ0n) is 16.0. The first-order valence-electron chi connectivity index (χ1n) is 9.06. The molecule has 150 valence electrons. The minimum Gasteiger partial charge on any atom is -0.461 e. The van der Waals surface area contributed by atoms with Crippen molar-refractivity contribution < 1.29 is 19.2 Å². The average Bonchev–Trinajstić information content (AvgIpc) is 3.16. The summed E-state index contributed by atoms with van der Waals surface area (Å²) in [6, 6.07) is 12.7. The second kappa shape index (κ2) is 8.51. The Bertz CT molecular complexity index is 974. The molecule has 3 rings (SSSR count). The van der Waals surface area contributed by atoms with Crippen molar-refractivity contribution in [2.24, 2.45) is 5.10 Å². The third kappa shape index (κ3) is 4.23. The average molecular weight is 396 g/mol. The fraction of sp³-hybridized carbons (Fsp3) is 0.250. The molecule has 1 atom stereocenters. The van der Waals surface area contributed by atoms with Gasteiger partial charge in [0.1, 0.15) is 11.8 Å². The Morgan fingerprint density at radius 2 is 1.97 bits per heavy atom. The Morgan fingerprint density at radius 3 is 2.62 bits per heavy atom. The highest BCUT2D eigenvalue weighted by atomic mass is 16.6. The lowest BCUT2D eigenvalue weighted by molar-refractivity contribution is -0.385. The SMILES string of the molecule is CCOC(=O)C1=NN(c2ccccc2)C(C(=O)Nc2cccc([N+](=O)[O-])c2C)C1. The summed E-state index contributed by atoms with van der Waals surface area (Å²) in [6.07, 6.45) is 0.0630. The number of nitro groups is 1. The third-order valence-corrected chi connectivity index (χ3v) is 4.50. The van der Waals surface area contributed by atoms with Gasteiger partial charge in [-0.2, -0.15) is 5.10 Å². The van der Waals surface area contributed by atoms with Crippen LogP contribution in [-0.2, 0) is 14.3 Å². The molecular weight excluding hydrogens is 376 g/mol. The van der Waals surface area contributed by atoms with Gasteiger partial charge in [-0.1, -0.05) is 24.3 Å². The van der Waals surface area contributed by atoms with Gasteiger partial charge in [0.2, 0.25) is 5.91 Å². The number of nitrogens with zero attached hydrogens (tertiary/aromatic N) is 3. The molecule has 1 aliphatic heterocycles. The highest BCUT2D eigenvalue weighted by Gasteiger charge is 2.37. The van der Waals surface area contributed by atoms with Crippen LogP contribution in [0.5, 0.6) is 0 Å². The number of para-hydroxylation sites is 1. The van der Waals surface area contributed by atoms with Crippen molar-refractivity contribution in [2.75, 3.05) is 16.9 Å². The summed E-state index contributed by atoms with van der Waals surface area (Å²) >= 11 is 0. The molecule has 29 heavy (non-hydrogen) atoms. The monoisotopic (exact) mass is 396 g/mol. The van der Waals surface area contributed by atoms with Gasteiger partial charge in [-0.3, -0.25) is 19.9 Å². The smallest absolute Gasteiger partial charge is 0.354 e. The van der Waals surface area contributed by atoms with Crippen LogP contribution in [-0.4, -0.2) is 35.2 Å². The van der Waals surface area contributed by atoms with Gasteiger partial charge in [0.05, 0.1) is 28.5 Å². The Labute approximate surface area is 167 Å². The van der Waals surface area contributed by atoms with E-state index in [0.29, 0.717) is 16.9 Å². The molecule has 1 amide bonds. The van der Waals surface area contributed by atoms with E-state index in [4.69, 9.17) is 4.74 Å². The van der Waals surface area contributed by atoms with Crippen LogP contribution in [0.2, 0.25) is 0 Å². The van der Waals surface area contributed by atoms with E-state index in [0.717, 1.165) is 0 Å². The molecule has 0 saturated carbocycles. The number of esters is 1. The summed E-state index contributed by atoms with van der Waals surface area (Å²) in [6.45, 7) is 3.46. The van der Waals surface area contributed by atoms with Gasteiger partial charge >= 0.3 is 5.97 Å². The van der Waals surface area contributed by atoms with Gasteiger partial charge in [-0.25, -0.2) is 4.79 Å². The fourth-order valence-electron chi connectivity index (χ4n) is 3.04. The maximum Gasteiger partial charge on any atom is 0.354 e. The third-order valence-electron chi connectivity index (χ3n) is 4.50. The van der Waals surface area contributed by atoms with Crippen LogP contribution >= 0.6 is 0 Å². The van der Waals surface area contributed by atoms with E-state index in [2.05, 4.69) is 10.4 Å². The first-order chi connectivity index (χ1) is 13.9. The van der Waals surface area contributed by atoms with E-state index < -0.39 is 22.8 Å². The van der Waals surface area contributed by atoms with Crippen molar-refractivity contribution >= 4 is 34.7 Å². The Balaban J connectivity index is 1.88. The number of ether oxygens (including phenoxy) is 1. The van der Waals surface area contributed by atoms with Crippen LogP contribution in [0.3, 0.4) is 0 Å². The van der Waals surface area contributed by atoms with Crippen LogP contribution in [0, 0.1) is 17.0 Å². The first-order valence-corrected chi connectivity index (χ1v) is 9.06. The Morgan fingerprint density at radius 1 is 1.24 bits per heavy atom. The lowest BCUT2D eigenvalue weighted by Gasteiger charge is -2.23. The van der Waals surface area contributed by atoms with Gasteiger partial charge in [0.25, 0.3) is 5.69 Å². The number of anilines is 2. The van der Waals surface area contributed by atoms with E-state index in [9.17, 15) is 19.7 Å². The molecule has 2 aromatic carbocycles. The summed E-state index contributed by atoms with van der Waals surface area (Å²) in [5.74, 6) is -1.00. The van der Waals surface area contributed by atoms with Gasteiger partial charge in [-0.15, -0.1) is 0 Å². The molecule has 9 nitrogen and oxygen atoms in total. The maximum absolute atomic E-state index is 13.0. The zero-order valence-corrected chi connectivity index (χ0v) is 16.0. The van der Waals surface area contributed by atoms with E-state index in [1.807, 2.05) is 6.07 Å². The number of hydrogen-bond acceptors (Lipinski definition) is 7. The predicted octanol–water partition coefficient (Wildman–Crippen LogP) is 3.04. The number of hydrogen-bond donors (Lipinski definition) is 1. The van der Waals surface area contributed by atoms with Crippen molar-refractivity contribution in [2.45, 2.75) is 26.3 Å². The molecule has 1 N–H and O–H groups in total. The quantitative estimate of drug-likeness (QED) is 0.456. The van der Waals surface area contributed by atoms with Gasteiger partial charge in [-0.05, 0) is 32.0 Å².